The summed E-state index contributed by atoms with van der Waals surface area (Å²) in [7, 11) is 0. The number of aromatic nitrogens is 2. The van der Waals surface area contributed by atoms with Crippen LogP contribution in [0.15, 0.2) is 11.0 Å². The topological polar surface area (TPSA) is 114 Å². The number of anilines is 1. The third-order valence-electron chi connectivity index (χ3n) is 4.69. The summed E-state index contributed by atoms with van der Waals surface area (Å²) in [5.41, 5.74) is -0.589. The first-order valence-corrected chi connectivity index (χ1v) is 9.58. The standard InChI is InChI=1S/C19H30N4O5/c1-6-14-13(8-7-9-22(14)18(27)28-19(3,4)5)21-16-17(26)23(11-15(24)25)12(2)10-20-16/h10,13-14H,6-9,11H2,1-5H3,(H,20,21)(H,24,25)/t13-,14+/m1/s1. The van der Waals surface area contributed by atoms with Crippen LogP contribution < -0.4 is 10.9 Å². The maximum atomic E-state index is 12.7. The Morgan fingerprint density at radius 3 is 2.64 bits per heavy atom. The van der Waals surface area contributed by atoms with E-state index in [2.05, 4.69) is 10.3 Å². The Labute approximate surface area is 164 Å². The second-order valence-corrected chi connectivity index (χ2v) is 8.08. The van der Waals surface area contributed by atoms with Gasteiger partial charge >= 0.3 is 12.1 Å². The Kier molecular flexibility index (Phi) is 6.69. The highest BCUT2D eigenvalue weighted by atomic mass is 16.6. The zero-order valence-corrected chi connectivity index (χ0v) is 17.2. The predicted octanol–water partition coefficient (Wildman–Crippen LogP) is 2.23. The lowest BCUT2D eigenvalue weighted by molar-refractivity contribution is -0.137. The van der Waals surface area contributed by atoms with E-state index >= 15 is 0 Å². The van der Waals surface area contributed by atoms with E-state index < -0.39 is 23.7 Å². The van der Waals surface area contributed by atoms with E-state index in [4.69, 9.17) is 9.84 Å². The lowest BCUT2D eigenvalue weighted by Gasteiger charge is -2.41. The molecule has 0 aromatic carbocycles. The van der Waals surface area contributed by atoms with Crippen LogP contribution in [-0.2, 0) is 16.1 Å². The van der Waals surface area contributed by atoms with Crippen LogP contribution in [0, 0.1) is 6.92 Å². The quantitative estimate of drug-likeness (QED) is 0.787. The van der Waals surface area contributed by atoms with Crippen LogP contribution in [0.3, 0.4) is 0 Å². The molecule has 1 saturated heterocycles. The van der Waals surface area contributed by atoms with E-state index in [1.165, 1.54) is 10.8 Å². The van der Waals surface area contributed by atoms with Gasteiger partial charge in [-0.1, -0.05) is 6.92 Å². The number of aliphatic carboxylic acids is 1. The number of carbonyl (C=O) groups excluding carboxylic acids is 1. The largest absolute Gasteiger partial charge is 0.480 e. The van der Waals surface area contributed by atoms with Gasteiger partial charge in [-0.05, 0) is 47.0 Å². The van der Waals surface area contributed by atoms with Gasteiger partial charge in [-0.25, -0.2) is 9.78 Å². The molecule has 156 valence electrons. The van der Waals surface area contributed by atoms with Crippen molar-refractivity contribution >= 4 is 17.9 Å². The fraction of sp³-hybridized carbons (Fsp3) is 0.684. The van der Waals surface area contributed by atoms with E-state index in [9.17, 15) is 14.4 Å². The molecular weight excluding hydrogens is 364 g/mol. The molecule has 1 amide bonds. The highest BCUT2D eigenvalue weighted by molar-refractivity contribution is 5.69. The van der Waals surface area contributed by atoms with E-state index in [1.54, 1.807) is 11.8 Å². The number of piperidine rings is 1. The first kappa shape index (κ1) is 21.7. The Morgan fingerprint density at radius 1 is 1.39 bits per heavy atom. The Bertz CT molecular complexity index is 784. The summed E-state index contributed by atoms with van der Waals surface area (Å²) in [6.45, 7) is 9.27. The van der Waals surface area contributed by atoms with Crippen molar-refractivity contribution in [2.45, 2.75) is 78.1 Å². The normalized spacial score (nSPS) is 20.0. The summed E-state index contributed by atoms with van der Waals surface area (Å²) < 4.78 is 6.70. The van der Waals surface area contributed by atoms with E-state index in [-0.39, 0.29) is 24.0 Å². The lowest BCUT2D eigenvalue weighted by atomic mass is 9.94. The van der Waals surface area contributed by atoms with Crippen molar-refractivity contribution in [3.05, 3.63) is 22.2 Å². The fourth-order valence-corrected chi connectivity index (χ4v) is 3.45. The van der Waals surface area contributed by atoms with Gasteiger partial charge in [0.25, 0.3) is 5.56 Å². The van der Waals surface area contributed by atoms with Crippen molar-refractivity contribution < 1.29 is 19.4 Å². The zero-order chi connectivity index (χ0) is 21.1. The number of hydrogen-bond donors (Lipinski definition) is 2. The number of ether oxygens (including phenoxy) is 1. The van der Waals surface area contributed by atoms with Gasteiger partial charge < -0.3 is 20.1 Å². The number of likely N-dealkylation sites (tertiary alicyclic amines) is 1. The van der Waals surface area contributed by atoms with Crippen molar-refractivity contribution in [1.29, 1.82) is 0 Å². The number of nitrogens with zero attached hydrogens (tertiary/aromatic N) is 3. The molecule has 28 heavy (non-hydrogen) atoms. The molecule has 1 fully saturated rings. The summed E-state index contributed by atoms with van der Waals surface area (Å²) >= 11 is 0. The van der Waals surface area contributed by atoms with E-state index in [0.29, 0.717) is 18.7 Å². The molecule has 9 heteroatoms. The van der Waals surface area contributed by atoms with Gasteiger partial charge in [-0.15, -0.1) is 0 Å². The zero-order valence-electron chi connectivity index (χ0n) is 17.2. The molecule has 0 aliphatic carbocycles. The SMILES string of the molecule is CC[C@H]1[C@H](Nc2ncc(C)n(CC(=O)O)c2=O)CCCN1C(=O)OC(C)(C)C. The predicted molar refractivity (Wildman–Crippen MR) is 105 cm³/mol. The molecule has 9 nitrogen and oxygen atoms in total. The van der Waals surface area contributed by atoms with Crippen LogP contribution in [0.4, 0.5) is 10.6 Å². The van der Waals surface area contributed by atoms with Crippen LogP contribution >= 0.6 is 0 Å². The molecule has 0 spiro atoms. The Balaban J connectivity index is 2.24. The number of aryl methyl sites for hydroxylation is 1. The molecule has 0 bridgehead atoms. The molecule has 2 N–H and O–H groups in total. The van der Waals surface area contributed by atoms with Crippen LogP contribution in [-0.4, -0.2) is 55.8 Å². The third-order valence-corrected chi connectivity index (χ3v) is 4.69. The van der Waals surface area contributed by atoms with Gasteiger partial charge in [-0.3, -0.25) is 14.2 Å². The maximum Gasteiger partial charge on any atom is 0.410 e. The lowest BCUT2D eigenvalue weighted by Crippen LogP contribution is -2.54. The number of carboxylic acid groups (broad SMARTS) is 1. The average Bonchev–Trinajstić information content (AvgIpc) is 2.59. The molecule has 1 aliphatic rings. The van der Waals surface area contributed by atoms with Gasteiger partial charge in [0.05, 0.1) is 6.04 Å². The van der Waals surface area contributed by atoms with Crippen molar-refractivity contribution in [3.63, 3.8) is 0 Å². The van der Waals surface area contributed by atoms with Crippen LogP contribution in [0.2, 0.25) is 0 Å². The summed E-state index contributed by atoms with van der Waals surface area (Å²) in [5.74, 6) is -0.996. The summed E-state index contributed by atoms with van der Waals surface area (Å²) in [5, 5.41) is 12.2. The number of carboxylic acids is 1. The minimum absolute atomic E-state index is 0.0985. The maximum absolute atomic E-state index is 12.7. The van der Waals surface area contributed by atoms with Crippen molar-refractivity contribution in [1.82, 2.24) is 14.5 Å². The van der Waals surface area contributed by atoms with Gasteiger partial charge in [-0.2, -0.15) is 0 Å². The monoisotopic (exact) mass is 394 g/mol. The minimum atomic E-state index is -1.09. The van der Waals surface area contributed by atoms with Gasteiger partial charge in [0, 0.05) is 24.5 Å². The first-order valence-electron chi connectivity index (χ1n) is 9.58. The van der Waals surface area contributed by atoms with Gasteiger partial charge in [0.1, 0.15) is 12.1 Å². The second-order valence-electron chi connectivity index (χ2n) is 8.08. The number of carbonyl (C=O) groups is 2. The first-order chi connectivity index (χ1) is 13.0. The smallest absolute Gasteiger partial charge is 0.410 e. The Hall–Kier alpha value is -2.58. The Morgan fingerprint density at radius 2 is 2.07 bits per heavy atom. The number of amides is 1. The van der Waals surface area contributed by atoms with Crippen LogP contribution in [0.1, 0.15) is 52.7 Å². The van der Waals surface area contributed by atoms with Crippen molar-refractivity contribution in [2.75, 3.05) is 11.9 Å². The molecule has 2 rings (SSSR count). The molecule has 1 aromatic rings. The molecular formula is C19H30N4O5. The third kappa shape index (κ3) is 5.24. The average molecular weight is 394 g/mol. The van der Waals surface area contributed by atoms with Crippen LogP contribution in [0.5, 0.6) is 0 Å². The fourth-order valence-electron chi connectivity index (χ4n) is 3.45. The van der Waals surface area contributed by atoms with Crippen molar-refractivity contribution in [3.8, 4) is 0 Å². The van der Waals surface area contributed by atoms with E-state index in [1.807, 2.05) is 27.7 Å². The summed E-state index contributed by atoms with van der Waals surface area (Å²) in [6.07, 6.45) is 3.33. The molecule has 1 aromatic heterocycles. The highest BCUT2D eigenvalue weighted by Gasteiger charge is 2.36. The number of rotatable bonds is 5. The summed E-state index contributed by atoms with van der Waals surface area (Å²) in [6, 6.07) is -0.327. The van der Waals surface area contributed by atoms with Gasteiger partial charge in [0.15, 0.2) is 5.82 Å². The minimum Gasteiger partial charge on any atom is -0.480 e. The van der Waals surface area contributed by atoms with Crippen molar-refractivity contribution in [2.24, 2.45) is 0 Å². The second kappa shape index (κ2) is 8.62. The highest BCUT2D eigenvalue weighted by Crippen LogP contribution is 2.24. The molecule has 0 unspecified atom stereocenters. The number of nitrogens with one attached hydrogen (secondary N) is 1. The number of hydrogen-bond acceptors (Lipinski definition) is 6. The molecule has 0 saturated carbocycles. The van der Waals surface area contributed by atoms with Gasteiger partial charge in [0.2, 0.25) is 0 Å². The molecule has 1 aliphatic heterocycles. The van der Waals surface area contributed by atoms with E-state index in [0.717, 1.165) is 12.8 Å². The molecule has 2 atom stereocenters. The molecule has 0 radical (unpaired) electrons. The van der Waals surface area contributed by atoms with Crippen LogP contribution in [0.25, 0.3) is 0 Å². The molecule has 2 heterocycles. The summed E-state index contributed by atoms with van der Waals surface area (Å²) in [4.78, 5) is 42.2.